The largest absolute Gasteiger partial charge is 0.393 e. The van der Waals surface area contributed by atoms with Gasteiger partial charge in [0.15, 0.2) is 0 Å². The van der Waals surface area contributed by atoms with Crippen LogP contribution in [0.4, 0.5) is 0 Å². The molecule has 1 aliphatic carbocycles. The molecule has 1 aliphatic rings. The van der Waals surface area contributed by atoms with Crippen molar-refractivity contribution in [3.05, 3.63) is 52.3 Å². The van der Waals surface area contributed by atoms with E-state index in [0.717, 1.165) is 31.4 Å². The molecule has 0 radical (unpaired) electrons. The maximum Gasteiger partial charge on any atom is 0.0628 e. The third-order valence-corrected chi connectivity index (χ3v) is 4.90. The number of aryl methyl sites for hydroxylation is 2. The Labute approximate surface area is 126 Å². The Balaban J connectivity index is 1.55. The SMILES string of the molecule is Cc1nn(C)c(C)c1CCC(O)CC1Cc2ccccc21. The molecule has 0 bridgehead atoms. The van der Waals surface area contributed by atoms with E-state index >= 15 is 0 Å². The van der Waals surface area contributed by atoms with Gasteiger partial charge < -0.3 is 5.11 Å². The van der Waals surface area contributed by atoms with Crippen molar-refractivity contribution in [2.24, 2.45) is 7.05 Å². The highest BCUT2D eigenvalue weighted by Gasteiger charge is 2.27. The second-order valence-corrected chi connectivity index (χ2v) is 6.30. The highest BCUT2D eigenvalue weighted by molar-refractivity contribution is 5.39. The maximum absolute atomic E-state index is 10.3. The minimum absolute atomic E-state index is 0.220. The molecule has 112 valence electrons. The van der Waals surface area contributed by atoms with Gasteiger partial charge in [0.05, 0.1) is 11.8 Å². The predicted molar refractivity (Wildman–Crippen MR) is 84.5 cm³/mol. The van der Waals surface area contributed by atoms with Crippen molar-refractivity contribution < 1.29 is 5.11 Å². The van der Waals surface area contributed by atoms with Crippen molar-refractivity contribution >= 4 is 0 Å². The van der Waals surface area contributed by atoms with Gasteiger partial charge in [-0.25, -0.2) is 0 Å². The summed E-state index contributed by atoms with van der Waals surface area (Å²) in [4.78, 5) is 0. The molecule has 1 heterocycles. The normalized spacial score (nSPS) is 18.2. The lowest BCUT2D eigenvalue weighted by Crippen LogP contribution is -2.22. The van der Waals surface area contributed by atoms with Crippen LogP contribution in [0.15, 0.2) is 24.3 Å². The van der Waals surface area contributed by atoms with Gasteiger partial charge in [-0.3, -0.25) is 4.68 Å². The van der Waals surface area contributed by atoms with Crippen LogP contribution in [0.25, 0.3) is 0 Å². The first-order valence-electron chi connectivity index (χ1n) is 7.81. The molecule has 3 nitrogen and oxygen atoms in total. The lowest BCUT2D eigenvalue weighted by Gasteiger charge is -2.31. The summed E-state index contributed by atoms with van der Waals surface area (Å²) >= 11 is 0. The standard InChI is InChI=1S/C18H24N2O/c1-12-17(13(2)20(3)19-12)9-8-16(21)11-15-10-14-6-4-5-7-18(14)15/h4-7,15-16,21H,8-11H2,1-3H3. The Morgan fingerprint density at radius 3 is 2.76 bits per heavy atom. The minimum atomic E-state index is -0.220. The van der Waals surface area contributed by atoms with Gasteiger partial charge in [0.25, 0.3) is 0 Å². The zero-order valence-electron chi connectivity index (χ0n) is 13.1. The summed E-state index contributed by atoms with van der Waals surface area (Å²) in [6, 6.07) is 8.59. The molecular weight excluding hydrogens is 260 g/mol. The van der Waals surface area contributed by atoms with Gasteiger partial charge in [-0.05, 0) is 62.1 Å². The lowest BCUT2D eigenvalue weighted by molar-refractivity contribution is 0.142. The molecular formula is C18H24N2O. The van der Waals surface area contributed by atoms with Crippen molar-refractivity contribution in [1.82, 2.24) is 9.78 Å². The summed E-state index contributed by atoms with van der Waals surface area (Å²) in [7, 11) is 1.98. The van der Waals surface area contributed by atoms with Gasteiger partial charge >= 0.3 is 0 Å². The van der Waals surface area contributed by atoms with Gasteiger partial charge in [-0.15, -0.1) is 0 Å². The fourth-order valence-corrected chi connectivity index (χ4v) is 3.51. The van der Waals surface area contributed by atoms with Gasteiger partial charge in [0.1, 0.15) is 0 Å². The number of rotatable bonds is 5. The van der Waals surface area contributed by atoms with E-state index < -0.39 is 0 Å². The van der Waals surface area contributed by atoms with E-state index in [4.69, 9.17) is 0 Å². The smallest absolute Gasteiger partial charge is 0.0628 e. The Kier molecular flexibility index (Phi) is 3.85. The van der Waals surface area contributed by atoms with E-state index in [1.54, 1.807) is 0 Å². The highest BCUT2D eigenvalue weighted by atomic mass is 16.3. The van der Waals surface area contributed by atoms with Gasteiger partial charge in [0, 0.05) is 12.7 Å². The Morgan fingerprint density at radius 1 is 1.33 bits per heavy atom. The average molecular weight is 284 g/mol. The number of hydrogen-bond acceptors (Lipinski definition) is 2. The molecule has 3 rings (SSSR count). The van der Waals surface area contributed by atoms with E-state index in [0.29, 0.717) is 5.92 Å². The molecule has 0 saturated carbocycles. The summed E-state index contributed by atoms with van der Waals surface area (Å²) in [6.45, 7) is 4.15. The predicted octanol–water partition coefficient (Wildman–Crippen LogP) is 3.06. The number of fused-ring (bicyclic) bond motifs is 1. The number of hydrogen-bond donors (Lipinski definition) is 1. The summed E-state index contributed by atoms with van der Waals surface area (Å²) < 4.78 is 1.93. The molecule has 1 N–H and O–H groups in total. The topological polar surface area (TPSA) is 38.0 Å². The Hall–Kier alpha value is -1.61. The molecule has 3 heteroatoms. The molecule has 2 atom stereocenters. The van der Waals surface area contributed by atoms with Crippen LogP contribution >= 0.6 is 0 Å². The monoisotopic (exact) mass is 284 g/mol. The van der Waals surface area contributed by atoms with Crippen LogP contribution in [0, 0.1) is 13.8 Å². The summed E-state index contributed by atoms with van der Waals surface area (Å²) in [6.07, 6.45) is 3.53. The van der Waals surface area contributed by atoms with E-state index in [9.17, 15) is 5.11 Å². The van der Waals surface area contributed by atoms with Crippen molar-refractivity contribution in [1.29, 1.82) is 0 Å². The van der Waals surface area contributed by atoms with Crippen LogP contribution < -0.4 is 0 Å². The third-order valence-electron chi connectivity index (χ3n) is 4.90. The molecule has 21 heavy (non-hydrogen) atoms. The maximum atomic E-state index is 10.3. The molecule has 0 aliphatic heterocycles. The molecule has 0 saturated heterocycles. The van der Waals surface area contributed by atoms with E-state index in [-0.39, 0.29) is 6.10 Å². The van der Waals surface area contributed by atoms with Crippen molar-refractivity contribution in [2.45, 2.75) is 51.6 Å². The Morgan fingerprint density at radius 2 is 2.10 bits per heavy atom. The number of aliphatic hydroxyl groups excluding tert-OH is 1. The van der Waals surface area contributed by atoms with Gasteiger partial charge in [0.2, 0.25) is 0 Å². The number of nitrogens with zero attached hydrogens (tertiary/aromatic N) is 2. The molecule has 0 spiro atoms. The van der Waals surface area contributed by atoms with Crippen LogP contribution in [0.1, 0.15) is 46.8 Å². The molecule has 1 aromatic carbocycles. The van der Waals surface area contributed by atoms with Crippen LogP contribution in [0.3, 0.4) is 0 Å². The first kappa shape index (κ1) is 14.3. The van der Waals surface area contributed by atoms with Crippen molar-refractivity contribution in [3.8, 4) is 0 Å². The fraction of sp³-hybridized carbons (Fsp3) is 0.500. The van der Waals surface area contributed by atoms with Crippen molar-refractivity contribution in [3.63, 3.8) is 0 Å². The lowest BCUT2D eigenvalue weighted by atomic mass is 9.74. The second kappa shape index (κ2) is 5.64. The quantitative estimate of drug-likeness (QED) is 0.916. The number of aromatic nitrogens is 2. The second-order valence-electron chi connectivity index (χ2n) is 6.30. The molecule has 0 fully saturated rings. The fourth-order valence-electron chi connectivity index (χ4n) is 3.51. The van der Waals surface area contributed by atoms with Crippen LogP contribution in [0.5, 0.6) is 0 Å². The number of benzene rings is 1. The van der Waals surface area contributed by atoms with Crippen molar-refractivity contribution in [2.75, 3.05) is 0 Å². The minimum Gasteiger partial charge on any atom is -0.393 e. The number of aliphatic hydroxyl groups is 1. The molecule has 1 aromatic heterocycles. The van der Waals surface area contributed by atoms with Crippen LogP contribution in [-0.4, -0.2) is 21.0 Å². The van der Waals surface area contributed by atoms with Gasteiger partial charge in [-0.1, -0.05) is 24.3 Å². The van der Waals surface area contributed by atoms with Crippen LogP contribution in [-0.2, 0) is 19.9 Å². The average Bonchev–Trinajstić information content (AvgIpc) is 2.68. The first-order chi connectivity index (χ1) is 10.1. The zero-order valence-corrected chi connectivity index (χ0v) is 13.1. The van der Waals surface area contributed by atoms with E-state index in [1.807, 2.05) is 11.7 Å². The first-order valence-corrected chi connectivity index (χ1v) is 7.81. The van der Waals surface area contributed by atoms with Crippen LogP contribution in [0.2, 0.25) is 0 Å². The molecule has 2 unspecified atom stereocenters. The van der Waals surface area contributed by atoms with E-state index in [1.165, 1.54) is 22.4 Å². The molecule has 0 amide bonds. The summed E-state index contributed by atoms with van der Waals surface area (Å²) in [5.41, 5.74) is 6.49. The van der Waals surface area contributed by atoms with E-state index in [2.05, 4.69) is 43.2 Å². The van der Waals surface area contributed by atoms with Gasteiger partial charge in [-0.2, -0.15) is 5.10 Å². The zero-order chi connectivity index (χ0) is 15.0. The summed E-state index contributed by atoms with van der Waals surface area (Å²) in [5, 5.41) is 14.8. The highest BCUT2D eigenvalue weighted by Crippen LogP contribution is 2.38. The molecule has 2 aromatic rings. The Bertz CT molecular complexity index is 645. The third kappa shape index (κ3) is 2.75. The summed E-state index contributed by atoms with van der Waals surface area (Å²) in [5.74, 6) is 0.548.